The molecule has 18 heavy (non-hydrogen) atoms. The summed E-state index contributed by atoms with van der Waals surface area (Å²) in [6.07, 6.45) is 0. The van der Waals surface area contributed by atoms with Gasteiger partial charge in [0, 0.05) is 6.54 Å². The van der Waals surface area contributed by atoms with Gasteiger partial charge in [0.1, 0.15) is 0 Å². The third-order valence-electron chi connectivity index (χ3n) is 2.70. The summed E-state index contributed by atoms with van der Waals surface area (Å²) in [6, 6.07) is 5.79. The van der Waals surface area contributed by atoms with Gasteiger partial charge in [-0.1, -0.05) is 18.2 Å². The molecular formula is C13H17NO4. The van der Waals surface area contributed by atoms with E-state index in [4.69, 9.17) is 10.2 Å². The maximum absolute atomic E-state index is 10.7. The van der Waals surface area contributed by atoms with Crippen molar-refractivity contribution < 1.29 is 19.8 Å². The van der Waals surface area contributed by atoms with Gasteiger partial charge in [0.25, 0.3) is 0 Å². The monoisotopic (exact) mass is 251 g/mol. The Kier molecular flexibility index (Phi) is 4.85. The lowest BCUT2D eigenvalue weighted by molar-refractivity contribution is -0.142. The molecule has 1 aromatic rings. The zero-order valence-electron chi connectivity index (χ0n) is 10.5. The lowest BCUT2D eigenvalue weighted by Gasteiger charge is -2.18. The van der Waals surface area contributed by atoms with Crippen LogP contribution in [0.2, 0.25) is 0 Å². The number of carboxylic acids is 2. The molecule has 98 valence electrons. The van der Waals surface area contributed by atoms with E-state index in [1.807, 2.05) is 32.0 Å². The largest absolute Gasteiger partial charge is 0.480 e. The molecule has 0 saturated carbocycles. The summed E-state index contributed by atoms with van der Waals surface area (Å²) in [5.74, 6) is -2.06. The highest BCUT2D eigenvalue weighted by molar-refractivity contribution is 5.72. The zero-order valence-corrected chi connectivity index (χ0v) is 10.5. The SMILES string of the molecule is Cc1ccc(CN(CC(=O)O)CC(=O)O)cc1C. The van der Waals surface area contributed by atoms with Crippen LogP contribution in [0.25, 0.3) is 0 Å². The summed E-state index contributed by atoms with van der Waals surface area (Å²) in [6.45, 7) is 3.72. The lowest BCUT2D eigenvalue weighted by atomic mass is 10.1. The van der Waals surface area contributed by atoms with E-state index in [0.717, 1.165) is 16.7 Å². The van der Waals surface area contributed by atoms with Crippen LogP contribution in [0.4, 0.5) is 0 Å². The highest BCUT2D eigenvalue weighted by Gasteiger charge is 2.14. The number of rotatable bonds is 6. The van der Waals surface area contributed by atoms with E-state index in [0.29, 0.717) is 6.54 Å². The fourth-order valence-corrected chi connectivity index (χ4v) is 1.71. The van der Waals surface area contributed by atoms with Gasteiger partial charge >= 0.3 is 11.9 Å². The van der Waals surface area contributed by atoms with Gasteiger partial charge in [-0.05, 0) is 30.5 Å². The summed E-state index contributed by atoms with van der Waals surface area (Å²) in [4.78, 5) is 22.7. The van der Waals surface area contributed by atoms with Crippen LogP contribution < -0.4 is 0 Å². The molecule has 0 heterocycles. The van der Waals surface area contributed by atoms with E-state index in [9.17, 15) is 9.59 Å². The number of benzene rings is 1. The van der Waals surface area contributed by atoms with Crippen LogP contribution in [0.1, 0.15) is 16.7 Å². The average molecular weight is 251 g/mol. The molecule has 0 fully saturated rings. The van der Waals surface area contributed by atoms with Crippen molar-refractivity contribution in [1.29, 1.82) is 0 Å². The van der Waals surface area contributed by atoms with Crippen molar-refractivity contribution in [3.05, 3.63) is 34.9 Å². The number of carboxylic acid groups (broad SMARTS) is 2. The maximum Gasteiger partial charge on any atom is 0.317 e. The summed E-state index contributed by atoms with van der Waals surface area (Å²) < 4.78 is 0. The van der Waals surface area contributed by atoms with Crippen LogP contribution in [-0.4, -0.2) is 40.1 Å². The molecule has 0 atom stereocenters. The van der Waals surface area contributed by atoms with Gasteiger partial charge < -0.3 is 10.2 Å². The molecule has 0 saturated heterocycles. The van der Waals surface area contributed by atoms with E-state index in [2.05, 4.69) is 0 Å². The second kappa shape index (κ2) is 6.16. The van der Waals surface area contributed by atoms with Crippen molar-refractivity contribution in [2.45, 2.75) is 20.4 Å². The standard InChI is InChI=1S/C13H17NO4/c1-9-3-4-11(5-10(9)2)6-14(7-12(15)16)8-13(17)18/h3-5H,6-8H2,1-2H3,(H,15,16)(H,17,18). The van der Waals surface area contributed by atoms with Crippen molar-refractivity contribution in [2.24, 2.45) is 0 Å². The predicted molar refractivity (Wildman–Crippen MR) is 66.5 cm³/mol. The Balaban J connectivity index is 2.77. The van der Waals surface area contributed by atoms with Crippen LogP contribution >= 0.6 is 0 Å². The minimum absolute atomic E-state index is 0.279. The van der Waals surface area contributed by atoms with E-state index >= 15 is 0 Å². The van der Waals surface area contributed by atoms with Gasteiger partial charge in [0.15, 0.2) is 0 Å². The smallest absolute Gasteiger partial charge is 0.317 e. The quantitative estimate of drug-likeness (QED) is 0.796. The van der Waals surface area contributed by atoms with Gasteiger partial charge in [-0.2, -0.15) is 0 Å². The zero-order chi connectivity index (χ0) is 13.7. The first-order valence-corrected chi connectivity index (χ1v) is 5.60. The maximum atomic E-state index is 10.7. The third-order valence-corrected chi connectivity index (χ3v) is 2.70. The lowest BCUT2D eigenvalue weighted by Crippen LogP contribution is -2.33. The number of hydrogen-bond donors (Lipinski definition) is 2. The molecule has 1 rings (SSSR count). The number of carbonyl (C=O) groups is 2. The highest BCUT2D eigenvalue weighted by Crippen LogP contribution is 2.11. The molecule has 0 bridgehead atoms. The van der Waals surface area contributed by atoms with E-state index in [-0.39, 0.29) is 13.1 Å². The molecule has 0 amide bonds. The van der Waals surface area contributed by atoms with Crippen molar-refractivity contribution in [2.75, 3.05) is 13.1 Å². The van der Waals surface area contributed by atoms with Crippen LogP contribution in [0.5, 0.6) is 0 Å². The highest BCUT2D eigenvalue weighted by atomic mass is 16.4. The molecule has 0 radical (unpaired) electrons. The minimum atomic E-state index is -1.03. The summed E-state index contributed by atoms with van der Waals surface area (Å²) in [7, 11) is 0. The fourth-order valence-electron chi connectivity index (χ4n) is 1.71. The molecule has 5 nitrogen and oxygen atoms in total. The Morgan fingerprint density at radius 1 is 1.06 bits per heavy atom. The van der Waals surface area contributed by atoms with Gasteiger partial charge in [-0.25, -0.2) is 0 Å². The van der Waals surface area contributed by atoms with Crippen LogP contribution in [-0.2, 0) is 16.1 Å². The van der Waals surface area contributed by atoms with Gasteiger partial charge in [0.05, 0.1) is 13.1 Å². The first-order chi connectivity index (χ1) is 8.38. The summed E-state index contributed by atoms with van der Waals surface area (Å²) >= 11 is 0. The van der Waals surface area contributed by atoms with Crippen LogP contribution in [0.15, 0.2) is 18.2 Å². The van der Waals surface area contributed by atoms with E-state index in [1.165, 1.54) is 4.90 Å². The summed E-state index contributed by atoms with van der Waals surface area (Å²) in [5.41, 5.74) is 3.18. The molecule has 0 aliphatic rings. The Morgan fingerprint density at radius 2 is 1.61 bits per heavy atom. The normalized spacial score (nSPS) is 10.6. The topological polar surface area (TPSA) is 77.8 Å². The molecule has 0 aromatic heterocycles. The van der Waals surface area contributed by atoms with Crippen molar-refractivity contribution >= 4 is 11.9 Å². The Morgan fingerprint density at radius 3 is 2.06 bits per heavy atom. The molecule has 0 unspecified atom stereocenters. The van der Waals surface area contributed by atoms with Crippen molar-refractivity contribution in [1.82, 2.24) is 4.90 Å². The molecule has 0 spiro atoms. The number of aryl methyl sites for hydroxylation is 2. The average Bonchev–Trinajstić information content (AvgIpc) is 2.21. The second-order valence-electron chi connectivity index (χ2n) is 4.35. The van der Waals surface area contributed by atoms with Crippen LogP contribution in [0.3, 0.4) is 0 Å². The Bertz CT molecular complexity index is 440. The number of nitrogens with zero attached hydrogens (tertiary/aromatic N) is 1. The van der Waals surface area contributed by atoms with Gasteiger partial charge in [-0.15, -0.1) is 0 Å². The van der Waals surface area contributed by atoms with Crippen LogP contribution in [0, 0.1) is 13.8 Å². The Labute approximate surface area is 106 Å². The van der Waals surface area contributed by atoms with Gasteiger partial charge in [0.2, 0.25) is 0 Å². The first kappa shape index (κ1) is 14.2. The third kappa shape index (κ3) is 4.55. The molecule has 2 N–H and O–H groups in total. The fraction of sp³-hybridized carbons (Fsp3) is 0.385. The summed E-state index contributed by atoms with van der Waals surface area (Å²) in [5, 5.41) is 17.5. The first-order valence-electron chi connectivity index (χ1n) is 5.60. The minimum Gasteiger partial charge on any atom is -0.480 e. The van der Waals surface area contributed by atoms with Crippen molar-refractivity contribution in [3.63, 3.8) is 0 Å². The molecule has 0 aliphatic carbocycles. The van der Waals surface area contributed by atoms with Gasteiger partial charge in [-0.3, -0.25) is 14.5 Å². The van der Waals surface area contributed by atoms with Crippen molar-refractivity contribution in [3.8, 4) is 0 Å². The molecule has 5 heteroatoms. The van der Waals surface area contributed by atoms with E-state index < -0.39 is 11.9 Å². The molecule has 1 aromatic carbocycles. The molecule has 0 aliphatic heterocycles. The van der Waals surface area contributed by atoms with E-state index in [1.54, 1.807) is 0 Å². The predicted octanol–water partition coefficient (Wildman–Crippen LogP) is 1.27. The number of hydrogen-bond acceptors (Lipinski definition) is 3. The molecular weight excluding hydrogens is 234 g/mol. The Hall–Kier alpha value is -1.88. The second-order valence-corrected chi connectivity index (χ2v) is 4.35. The number of aliphatic carboxylic acids is 2.